The highest BCUT2D eigenvalue weighted by Crippen LogP contribution is 2.31. The van der Waals surface area contributed by atoms with Crippen molar-refractivity contribution in [2.24, 2.45) is 0 Å². The van der Waals surface area contributed by atoms with Gasteiger partial charge in [0.25, 0.3) is 0 Å². The first kappa shape index (κ1) is 10.8. The predicted molar refractivity (Wildman–Crippen MR) is 40.6 cm³/mol. The fraction of sp³-hybridized carbons (Fsp3) is 1.00. The number of aliphatic hydroxyl groups excluding tert-OH is 4. The first-order valence-electron chi connectivity index (χ1n) is 3.98. The molecular formula is C7H14O6. The lowest BCUT2D eigenvalue weighted by Gasteiger charge is -2.28. The first-order chi connectivity index (χ1) is 5.93. The normalized spacial score (nSPS) is 48.0. The third kappa shape index (κ3) is 1.56. The van der Waals surface area contributed by atoms with Crippen LogP contribution in [0.1, 0.15) is 6.92 Å². The minimum Gasteiger partial charge on any atom is -0.394 e. The highest BCUT2D eigenvalue weighted by molar-refractivity contribution is 4.97. The Kier molecular flexibility index (Phi) is 2.91. The summed E-state index contributed by atoms with van der Waals surface area (Å²) in [7, 11) is 0. The highest BCUT2D eigenvalue weighted by atomic mass is 16.7. The summed E-state index contributed by atoms with van der Waals surface area (Å²) < 4.78 is 4.74. The van der Waals surface area contributed by atoms with E-state index in [1.165, 1.54) is 6.92 Å². The molecule has 1 saturated heterocycles. The van der Waals surface area contributed by atoms with Crippen molar-refractivity contribution in [1.29, 1.82) is 0 Å². The van der Waals surface area contributed by atoms with Crippen molar-refractivity contribution in [1.82, 2.24) is 0 Å². The van der Waals surface area contributed by atoms with Crippen LogP contribution in [0.2, 0.25) is 0 Å². The van der Waals surface area contributed by atoms with Crippen molar-refractivity contribution in [3.05, 3.63) is 0 Å². The molecule has 0 radical (unpaired) electrons. The molecule has 6 heteroatoms. The van der Waals surface area contributed by atoms with Crippen LogP contribution >= 0.6 is 0 Å². The molecule has 0 aromatic heterocycles. The van der Waals surface area contributed by atoms with Crippen LogP contribution in [0.25, 0.3) is 0 Å². The molecule has 1 aliphatic heterocycles. The molecule has 1 fully saturated rings. The molecule has 1 heterocycles. The molecule has 0 amide bonds. The standard InChI is InChI=1S/C7H14O6/c1-3(9)7(12)6(11)5(10)4(2-8)13-7/h3-6,8-12H,2H2,1H3/t3?,4-,5-,6+,7+/m1/s1. The van der Waals surface area contributed by atoms with Gasteiger partial charge in [-0.1, -0.05) is 0 Å². The highest BCUT2D eigenvalue weighted by Gasteiger charge is 2.55. The molecule has 78 valence electrons. The Labute approximate surface area is 75.0 Å². The van der Waals surface area contributed by atoms with Crippen molar-refractivity contribution in [2.75, 3.05) is 6.61 Å². The molecular weight excluding hydrogens is 180 g/mol. The lowest BCUT2D eigenvalue weighted by molar-refractivity contribution is -0.273. The molecule has 0 saturated carbocycles. The van der Waals surface area contributed by atoms with Gasteiger partial charge in [0.15, 0.2) is 0 Å². The van der Waals surface area contributed by atoms with E-state index in [2.05, 4.69) is 0 Å². The van der Waals surface area contributed by atoms with E-state index in [9.17, 15) is 15.3 Å². The van der Waals surface area contributed by atoms with Crippen molar-refractivity contribution >= 4 is 0 Å². The fourth-order valence-corrected chi connectivity index (χ4v) is 1.32. The van der Waals surface area contributed by atoms with E-state index in [4.69, 9.17) is 14.9 Å². The Bertz CT molecular complexity index is 184. The number of ether oxygens (including phenoxy) is 1. The van der Waals surface area contributed by atoms with Crippen molar-refractivity contribution < 1.29 is 30.3 Å². The molecule has 0 aromatic rings. The SMILES string of the molecule is CC(O)[C@]1(O)O[C@H](CO)[C@@H](O)[C@@H]1O. The summed E-state index contributed by atoms with van der Waals surface area (Å²) in [5.74, 6) is -2.20. The van der Waals surface area contributed by atoms with Gasteiger partial charge in [0.1, 0.15) is 24.4 Å². The number of hydrogen-bond donors (Lipinski definition) is 5. The predicted octanol–water partition coefficient (Wildman–Crippen LogP) is -2.83. The van der Waals surface area contributed by atoms with Gasteiger partial charge < -0.3 is 30.3 Å². The molecule has 5 N–H and O–H groups in total. The smallest absolute Gasteiger partial charge is 0.221 e. The van der Waals surface area contributed by atoms with E-state index in [1.807, 2.05) is 0 Å². The zero-order valence-electron chi connectivity index (χ0n) is 7.16. The number of hydrogen-bond acceptors (Lipinski definition) is 6. The van der Waals surface area contributed by atoms with Gasteiger partial charge in [0.2, 0.25) is 5.79 Å². The molecule has 1 rings (SSSR count). The van der Waals surface area contributed by atoms with E-state index < -0.39 is 36.8 Å². The van der Waals surface area contributed by atoms with E-state index in [0.29, 0.717) is 0 Å². The molecule has 13 heavy (non-hydrogen) atoms. The van der Waals surface area contributed by atoms with Gasteiger partial charge in [0.05, 0.1) is 6.61 Å². The topological polar surface area (TPSA) is 110 Å². The van der Waals surface area contributed by atoms with Crippen molar-refractivity contribution in [3.63, 3.8) is 0 Å². The average molecular weight is 194 g/mol. The van der Waals surface area contributed by atoms with Crippen LogP contribution in [-0.2, 0) is 4.74 Å². The Hall–Kier alpha value is -0.240. The van der Waals surface area contributed by atoms with Crippen LogP contribution in [0.3, 0.4) is 0 Å². The summed E-state index contributed by atoms with van der Waals surface area (Å²) in [5, 5.41) is 45.8. The number of aliphatic hydroxyl groups is 5. The largest absolute Gasteiger partial charge is 0.394 e. The second-order valence-corrected chi connectivity index (χ2v) is 3.20. The Morgan fingerprint density at radius 1 is 1.46 bits per heavy atom. The summed E-state index contributed by atoms with van der Waals surface area (Å²) in [6, 6.07) is 0. The van der Waals surface area contributed by atoms with E-state index >= 15 is 0 Å². The zero-order valence-corrected chi connectivity index (χ0v) is 7.16. The maximum atomic E-state index is 9.52. The lowest BCUT2D eigenvalue weighted by atomic mass is 10.0. The summed E-state index contributed by atoms with van der Waals surface area (Å²) >= 11 is 0. The van der Waals surface area contributed by atoms with Crippen molar-refractivity contribution in [3.8, 4) is 0 Å². The Balaban J connectivity index is 2.81. The van der Waals surface area contributed by atoms with Gasteiger partial charge in [-0.15, -0.1) is 0 Å². The molecule has 1 aliphatic rings. The van der Waals surface area contributed by atoms with Crippen LogP contribution in [0.5, 0.6) is 0 Å². The maximum Gasteiger partial charge on any atom is 0.221 e. The molecule has 5 atom stereocenters. The quantitative estimate of drug-likeness (QED) is 0.324. The Morgan fingerprint density at radius 3 is 2.23 bits per heavy atom. The van der Waals surface area contributed by atoms with Crippen molar-refractivity contribution in [2.45, 2.75) is 37.1 Å². The summed E-state index contributed by atoms with van der Waals surface area (Å²) in [5.41, 5.74) is 0. The zero-order chi connectivity index (χ0) is 10.2. The minimum atomic E-state index is -2.20. The summed E-state index contributed by atoms with van der Waals surface area (Å²) in [4.78, 5) is 0. The van der Waals surface area contributed by atoms with Crippen LogP contribution < -0.4 is 0 Å². The van der Waals surface area contributed by atoms with Crippen LogP contribution in [0.15, 0.2) is 0 Å². The lowest BCUT2D eigenvalue weighted by Crippen LogP contribution is -2.51. The van der Waals surface area contributed by atoms with E-state index in [-0.39, 0.29) is 0 Å². The van der Waals surface area contributed by atoms with E-state index in [0.717, 1.165) is 0 Å². The Morgan fingerprint density at radius 2 is 2.00 bits per heavy atom. The molecule has 6 nitrogen and oxygen atoms in total. The van der Waals surface area contributed by atoms with Gasteiger partial charge >= 0.3 is 0 Å². The summed E-state index contributed by atoms with van der Waals surface area (Å²) in [6.45, 7) is 0.683. The molecule has 0 aromatic carbocycles. The molecule has 0 spiro atoms. The second-order valence-electron chi connectivity index (χ2n) is 3.20. The van der Waals surface area contributed by atoms with Crippen LogP contribution in [0.4, 0.5) is 0 Å². The third-order valence-corrected chi connectivity index (χ3v) is 2.25. The molecule has 0 aliphatic carbocycles. The van der Waals surface area contributed by atoms with Gasteiger partial charge in [-0.3, -0.25) is 0 Å². The molecule has 1 unspecified atom stereocenters. The van der Waals surface area contributed by atoms with Gasteiger partial charge in [0, 0.05) is 0 Å². The van der Waals surface area contributed by atoms with Crippen LogP contribution in [0, 0.1) is 0 Å². The van der Waals surface area contributed by atoms with E-state index in [1.54, 1.807) is 0 Å². The number of rotatable bonds is 2. The van der Waals surface area contributed by atoms with Gasteiger partial charge in [-0.25, -0.2) is 0 Å². The molecule has 0 bridgehead atoms. The first-order valence-corrected chi connectivity index (χ1v) is 3.98. The average Bonchev–Trinajstić information content (AvgIpc) is 2.31. The fourth-order valence-electron chi connectivity index (χ4n) is 1.32. The van der Waals surface area contributed by atoms with Gasteiger partial charge in [-0.2, -0.15) is 0 Å². The maximum absolute atomic E-state index is 9.52. The second kappa shape index (κ2) is 3.49. The minimum absolute atomic E-state index is 0.534. The van der Waals surface area contributed by atoms with Crippen LogP contribution in [-0.4, -0.2) is 62.3 Å². The third-order valence-electron chi connectivity index (χ3n) is 2.25. The monoisotopic (exact) mass is 194 g/mol. The summed E-state index contributed by atoms with van der Waals surface area (Å²) in [6.07, 6.45) is -5.45. The van der Waals surface area contributed by atoms with Gasteiger partial charge in [-0.05, 0) is 6.92 Å².